The predicted molar refractivity (Wildman–Crippen MR) is 156 cm³/mol. The van der Waals surface area contributed by atoms with E-state index in [-0.39, 0.29) is 28.6 Å². The van der Waals surface area contributed by atoms with E-state index in [1.165, 1.54) is 15.9 Å². The molecule has 1 amide bonds. The van der Waals surface area contributed by atoms with Crippen molar-refractivity contribution in [3.8, 4) is 33.0 Å². The van der Waals surface area contributed by atoms with Gasteiger partial charge < -0.3 is 10.1 Å². The Labute approximate surface area is 234 Å². The first-order valence-electron chi connectivity index (χ1n) is 12.2. The second kappa shape index (κ2) is 11.5. The van der Waals surface area contributed by atoms with E-state index >= 15 is 0 Å². The number of esters is 1. The first kappa shape index (κ1) is 26.2. The molecular formula is C31H23ClN2O4S. The third-order valence-corrected chi connectivity index (χ3v) is 7.25. The van der Waals surface area contributed by atoms with E-state index in [0.717, 1.165) is 16.0 Å². The van der Waals surface area contributed by atoms with Crippen molar-refractivity contribution in [2.24, 2.45) is 0 Å². The summed E-state index contributed by atoms with van der Waals surface area (Å²) in [7, 11) is 0. The maximum atomic E-state index is 13.7. The molecule has 39 heavy (non-hydrogen) atoms. The molecule has 0 aliphatic rings. The fourth-order valence-corrected chi connectivity index (χ4v) is 4.96. The second-order valence-electron chi connectivity index (χ2n) is 8.61. The van der Waals surface area contributed by atoms with Gasteiger partial charge in [0.1, 0.15) is 5.69 Å². The van der Waals surface area contributed by atoms with E-state index in [1.807, 2.05) is 60.0 Å². The van der Waals surface area contributed by atoms with Crippen molar-refractivity contribution in [1.29, 1.82) is 0 Å². The summed E-state index contributed by atoms with van der Waals surface area (Å²) in [6.07, 6.45) is 1.78. The van der Waals surface area contributed by atoms with Gasteiger partial charge in [0.25, 0.3) is 11.5 Å². The number of nitrogens with zero attached hydrogens (tertiary/aromatic N) is 1. The molecule has 194 valence electrons. The number of hydrogen-bond acceptors (Lipinski definition) is 5. The van der Waals surface area contributed by atoms with Crippen LogP contribution in [0.15, 0.2) is 107 Å². The molecule has 3 aromatic carbocycles. The van der Waals surface area contributed by atoms with Crippen molar-refractivity contribution in [2.45, 2.75) is 13.3 Å². The highest BCUT2D eigenvalue weighted by molar-refractivity contribution is 7.13. The number of anilines is 1. The lowest BCUT2D eigenvalue weighted by Crippen LogP contribution is -2.25. The van der Waals surface area contributed by atoms with Crippen LogP contribution in [-0.4, -0.2) is 16.4 Å². The van der Waals surface area contributed by atoms with Crippen LogP contribution in [0.3, 0.4) is 0 Å². The second-order valence-corrected chi connectivity index (χ2v) is 9.96. The summed E-state index contributed by atoms with van der Waals surface area (Å²) in [5.41, 5.74) is 2.98. The van der Waals surface area contributed by atoms with Crippen molar-refractivity contribution in [1.82, 2.24) is 4.57 Å². The number of aromatic nitrogens is 1. The molecule has 5 aromatic rings. The Bertz CT molecular complexity index is 1700. The molecule has 2 heterocycles. The molecule has 0 bridgehead atoms. The Morgan fingerprint density at radius 1 is 0.897 bits per heavy atom. The van der Waals surface area contributed by atoms with E-state index in [1.54, 1.807) is 49.5 Å². The van der Waals surface area contributed by atoms with Crippen LogP contribution in [0.5, 0.6) is 5.75 Å². The Kier molecular flexibility index (Phi) is 7.72. The Hall–Kier alpha value is -4.46. The van der Waals surface area contributed by atoms with Crippen molar-refractivity contribution < 1.29 is 14.3 Å². The number of rotatable bonds is 7. The number of pyridine rings is 1. The molecule has 0 aliphatic carbocycles. The minimum atomic E-state index is -0.499. The molecule has 6 nitrogen and oxygen atoms in total. The fraction of sp³-hybridized carbons (Fsp3) is 0.0645. The number of thiophene rings is 1. The van der Waals surface area contributed by atoms with E-state index in [4.69, 9.17) is 16.3 Å². The zero-order valence-corrected chi connectivity index (χ0v) is 22.5. The van der Waals surface area contributed by atoms with E-state index < -0.39 is 17.4 Å². The van der Waals surface area contributed by atoms with E-state index in [2.05, 4.69) is 5.32 Å². The van der Waals surface area contributed by atoms with Gasteiger partial charge in [-0.1, -0.05) is 73.1 Å². The smallest absolute Gasteiger partial charge is 0.311 e. The summed E-state index contributed by atoms with van der Waals surface area (Å²) < 4.78 is 6.83. The van der Waals surface area contributed by atoms with Crippen LogP contribution in [0, 0.1) is 0 Å². The maximum absolute atomic E-state index is 13.7. The third kappa shape index (κ3) is 5.70. The lowest BCUT2D eigenvalue weighted by atomic mass is 10.0. The molecule has 2 aromatic heterocycles. The Morgan fingerprint density at radius 2 is 1.64 bits per heavy atom. The molecule has 8 heteroatoms. The van der Waals surface area contributed by atoms with Crippen LogP contribution in [0.1, 0.15) is 23.7 Å². The number of hydrogen-bond donors (Lipinski definition) is 1. The molecule has 0 atom stereocenters. The molecule has 0 radical (unpaired) electrons. The van der Waals surface area contributed by atoms with Crippen LogP contribution >= 0.6 is 22.9 Å². The standard InChI is InChI=1S/C31H23ClN2O4S/c1-2-28(35)38-29-24(32)10-6-11-26(29)34-19-23(27-12-7-17-39-27)18-25(31(34)37)33-30(36)22-15-13-21(14-16-22)20-8-4-3-5-9-20/h3-19H,2H2,1H3,(H,33,36). The number of carbonyl (C=O) groups is 2. The van der Waals surface area contributed by atoms with Gasteiger partial charge in [0.15, 0.2) is 5.75 Å². The first-order valence-corrected chi connectivity index (χ1v) is 13.5. The fourth-order valence-electron chi connectivity index (χ4n) is 4.04. The van der Waals surface area contributed by atoms with Crippen LogP contribution in [0.2, 0.25) is 5.02 Å². The zero-order chi connectivity index (χ0) is 27.4. The van der Waals surface area contributed by atoms with Crippen molar-refractivity contribution in [3.63, 3.8) is 0 Å². The monoisotopic (exact) mass is 554 g/mol. The average molecular weight is 555 g/mol. The molecule has 0 aliphatic heterocycles. The highest BCUT2D eigenvalue weighted by Gasteiger charge is 2.19. The highest BCUT2D eigenvalue weighted by atomic mass is 35.5. The topological polar surface area (TPSA) is 77.4 Å². The van der Waals surface area contributed by atoms with Gasteiger partial charge in [0, 0.05) is 28.6 Å². The molecular weight excluding hydrogens is 532 g/mol. The SMILES string of the molecule is CCC(=O)Oc1c(Cl)cccc1-n1cc(-c2cccs2)cc(NC(=O)c2ccc(-c3ccccc3)cc2)c1=O. The van der Waals surface area contributed by atoms with Gasteiger partial charge >= 0.3 is 5.97 Å². The summed E-state index contributed by atoms with van der Waals surface area (Å²) in [4.78, 5) is 39.9. The van der Waals surface area contributed by atoms with Crippen molar-refractivity contribution >= 4 is 40.5 Å². The predicted octanol–water partition coefficient (Wildman–Crippen LogP) is 7.45. The largest absolute Gasteiger partial charge is 0.423 e. The minimum absolute atomic E-state index is 0.0743. The number of benzene rings is 3. The van der Waals surface area contributed by atoms with Crippen molar-refractivity contribution in [3.05, 3.63) is 124 Å². The summed E-state index contributed by atoms with van der Waals surface area (Å²) >= 11 is 7.86. The minimum Gasteiger partial charge on any atom is -0.423 e. The summed E-state index contributed by atoms with van der Waals surface area (Å²) in [5, 5.41) is 4.88. The van der Waals surface area contributed by atoms with Gasteiger partial charge in [0.2, 0.25) is 0 Å². The summed E-state index contributed by atoms with van der Waals surface area (Å²) in [6.45, 7) is 1.67. The van der Waals surface area contributed by atoms with Crippen LogP contribution in [-0.2, 0) is 4.79 Å². The van der Waals surface area contributed by atoms with Gasteiger partial charge in [-0.2, -0.15) is 0 Å². The average Bonchev–Trinajstić information content (AvgIpc) is 3.51. The normalized spacial score (nSPS) is 10.7. The molecule has 0 spiro atoms. The maximum Gasteiger partial charge on any atom is 0.311 e. The number of ether oxygens (including phenoxy) is 1. The molecule has 5 rings (SSSR count). The molecule has 1 N–H and O–H groups in total. The number of amides is 1. The lowest BCUT2D eigenvalue weighted by molar-refractivity contribution is -0.134. The number of halogens is 1. The van der Waals surface area contributed by atoms with E-state index in [9.17, 15) is 14.4 Å². The highest BCUT2D eigenvalue weighted by Crippen LogP contribution is 2.33. The summed E-state index contributed by atoms with van der Waals surface area (Å²) in [6, 6.07) is 27.4. The van der Waals surface area contributed by atoms with Gasteiger partial charge in [-0.05, 0) is 52.9 Å². The van der Waals surface area contributed by atoms with Gasteiger partial charge in [0.05, 0.1) is 10.7 Å². The van der Waals surface area contributed by atoms with Crippen LogP contribution < -0.4 is 15.6 Å². The number of para-hydroxylation sites is 1. The molecule has 0 unspecified atom stereocenters. The Morgan fingerprint density at radius 3 is 2.33 bits per heavy atom. The first-order chi connectivity index (χ1) is 18.9. The number of carbonyl (C=O) groups excluding carboxylic acids is 2. The zero-order valence-electron chi connectivity index (χ0n) is 20.9. The van der Waals surface area contributed by atoms with E-state index in [0.29, 0.717) is 11.1 Å². The third-order valence-electron chi connectivity index (χ3n) is 6.04. The molecule has 0 saturated carbocycles. The van der Waals surface area contributed by atoms with Crippen LogP contribution in [0.25, 0.3) is 27.3 Å². The molecule has 0 fully saturated rings. The quantitative estimate of drug-likeness (QED) is 0.167. The lowest BCUT2D eigenvalue weighted by Gasteiger charge is -2.16. The number of nitrogens with one attached hydrogen (secondary N) is 1. The summed E-state index contributed by atoms with van der Waals surface area (Å²) in [5.74, 6) is -0.838. The molecule has 0 saturated heterocycles. The van der Waals surface area contributed by atoms with Crippen molar-refractivity contribution in [2.75, 3.05) is 5.32 Å². The van der Waals surface area contributed by atoms with Gasteiger partial charge in [-0.25, -0.2) is 0 Å². The van der Waals surface area contributed by atoms with Crippen LogP contribution in [0.4, 0.5) is 5.69 Å². The Balaban J connectivity index is 1.55. The van der Waals surface area contributed by atoms with Gasteiger partial charge in [-0.15, -0.1) is 11.3 Å². The van der Waals surface area contributed by atoms with Gasteiger partial charge in [-0.3, -0.25) is 19.0 Å².